The van der Waals surface area contributed by atoms with Crippen LogP contribution in [-0.4, -0.2) is 18.9 Å². The van der Waals surface area contributed by atoms with E-state index in [1.54, 1.807) is 19.2 Å². The summed E-state index contributed by atoms with van der Waals surface area (Å²) in [6.45, 7) is 1.81. The van der Waals surface area contributed by atoms with Crippen molar-refractivity contribution in [2.75, 3.05) is 7.11 Å². The summed E-state index contributed by atoms with van der Waals surface area (Å²) in [6.07, 6.45) is 0.348. The molecule has 1 atom stereocenters. The Balaban J connectivity index is 0.00000196. The van der Waals surface area contributed by atoms with Gasteiger partial charge in [-0.1, -0.05) is 12.1 Å². The number of Topliss-reactive ketones (excluding diaryl/α,β-unsaturated/α-hetero) is 1. The van der Waals surface area contributed by atoms with Crippen LogP contribution in [0, 0.1) is 0 Å². The van der Waals surface area contributed by atoms with E-state index in [9.17, 15) is 4.79 Å². The predicted octanol–water partition coefficient (Wildman–Crippen LogP) is 2.04. The van der Waals surface area contributed by atoms with E-state index in [-0.39, 0.29) is 24.2 Å². The van der Waals surface area contributed by atoms with Crippen molar-refractivity contribution in [3.05, 3.63) is 29.8 Å². The molecule has 0 saturated heterocycles. The Bertz CT molecular complexity index is 326. The second-order valence-electron chi connectivity index (χ2n) is 3.30. The van der Waals surface area contributed by atoms with Gasteiger partial charge in [0.15, 0.2) is 5.78 Å². The average molecular weight is 230 g/mol. The van der Waals surface area contributed by atoms with Gasteiger partial charge < -0.3 is 10.5 Å². The lowest BCUT2D eigenvalue weighted by atomic mass is 10.0. The zero-order valence-electron chi connectivity index (χ0n) is 8.90. The summed E-state index contributed by atoms with van der Waals surface area (Å²) in [4.78, 5) is 11.7. The molecule has 1 unspecified atom stereocenters. The predicted molar refractivity (Wildman–Crippen MR) is 62.8 cm³/mol. The molecule has 0 saturated carbocycles. The number of ketones is 1. The van der Waals surface area contributed by atoms with Gasteiger partial charge in [0.05, 0.1) is 12.7 Å². The van der Waals surface area contributed by atoms with Crippen LogP contribution < -0.4 is 10.5 Å². The van der Waals surface area contributed by atoms with Gasteiger partial charge in [-0.05, 0) is 19.1 Å². The van der Waals surface area contributed by atoms with E-state index >= 15 is 0 Å². The molecule has 0 aromatic heterocycles. The zero-order chi connectivity index (χ0) is 10.6. The number of carbonyl (C=O) groups excluding carboxylic acids is 1. The lowest BCUT2D eigenvalue weighted by Crippen LogP contribution is -2.19. The van der Waals surface area contributed by atoms with E-state index in [2.05, 4.69) is 0 Å². The molecule has 0 spiro atoms. The fourth-order valence-corrected chi connectivity index (χ4v) is 1.28. The van der Waals surface area contributed by atoms with Crippen LogP contribution >= 0.6 is 12.4 Å². The van der Waals surface area contributed by atoms with Gasteiger partial charge in [0.1, 0.15) is 5.75 Å². The number of para-hydroxylation sites is 1. The maximum Gasteiger partial charge on any atom is 0.168 e. The molecular weight excluding hydrogens is 214 g/mol. The summed E-state index contributed by atoms with van der Waals surface area (Å²) in [5, 5.41) is 0. The molecule has 1 rings (SSSR count). The average Bonchev–Trinajstić information content (AvgIpc) is 2.16. The number of carbonyl (C=O) groups is 1. The minimum Gasteiger partial charge on any atom is -0.496 e. The van der Waals surface area contributed by atoms with Gasteiger partial charge in [-0.3, -0.25) is 4.79 Å². The molecule has 0 fully saturated rings. The van der Waals surface area contributed by atoms with Gasteiger partial charge in [0.25, 0.3) is 0 Å². The van der Waals surface area contributed by atoms with E-state index in [1.807, 2.05) is 19.1 Å². The number of halogens is 1. The highest BCUT2D eigenvalue weighted by molar-refractivity contribution is 5.98. The molecule has 1 aromatic rings. The second-order valence-corrected chi connectivity index (χ2v) is 3.30. The maximum absolute atomic E-state index is 11.7. The first-order chi connectivity index (χ1) is 6.65. The first-order valence-electron chi connectivity index (χ1n) is 4.57. The number of hydrogen-bond donors (Lipinski definition) is 1. The molecule has 84 valence electrons. The SMILES string of the molecule is COc1ccccc1C(=O)CC(C)N.Cl. The molecule has 3 nitrogen and oxygen atoms in total. The van der Waals surface area contributed by atoms with Gasteiger partial charge in [0.2, 0.25) is 0 Å². The maximum atomic E-state index is 11.7. The van der Waals surface area contributed by atoms with Crippen molar-refractivity contribution in [2.45, 2.75) is 19.4 Å². The third-order valence-corrected chi connectivity index (χ3v) is 1.91. The summed E-state index contributed by atoms with van der Waals surface area (Å²) in [7, 11) is 1.55. The molecule has 0 aliphatic rings. The minimum absolute atomic E-state index is 0. The van der Waals surface area contributed by atoms with Crippen LogP contribution in [0.25, 0.3) is 0 Å². The summed E-state index contributed by atoms with van der Waals surface area (Å²) in [5.74, 6) is 0.635. The number of methoxy groups -OCH3 is 1. The van der Waals surface area contributed by atoms with E-state index in [1.165, 1.54) is 0 Å². The quantitative estimate of drug-likeness (QED) is 0.804. The highest BCUT2D eigenvalue weighted by atomic mass is 35.5. The minimum atomic E-state index is -0.118. The number of nitrogens with two attached hydrogens (primary N) is 1. The second kappa shape index (κ2) is 6.43. The van der Waals surface area contributed by atoms with Crippen molar-refractivity contribution >= 4 is 18.2 Å². The first-order valence-corrected chi connectivity index (χ1v) is 4.57. The number of benzene rings is 1. The molecule has 2 N–H and O–H groups in total. The van der Waals surface area contributed by atoms with Crippen molar-refractivity contribution in [3.63, 3.8) is 0 Å². The molecule has 15 heavy (non-hydrogen) atoms. The zero-order valence-corrected chi connectivity index (χ0v) is 9.71. The largest absolute Gasteiger partial charge is 0.496 e. The Morgan fingerprint density at radius 2 is 2.07 bits per heavy atom. The fraction of sp³-hybridized carbons (Fsp3) is 0.364. The molecular formula is C11H16ClNO2. The number of hydrogen-bond acceptors (Lipinski definition) is 3. The molecule has 1 aromatic carbocycles. The van der Waals surface area contributed by atoms with E-state index in [4.69, 9.17) is 10.5 Å². The molecule has 0 heterocycles. The van der Waals surface area contributed by atoms with Crippen molar-refractivity contribution in [1.29, 1.82) is 0 Å². The van der Waals surface area contributed by atoms with Gasteiger partial charge in [0, 0.05) is 12.5 Å². The normalized spacial score (nSPS) is 11.4. The van der Waals surface area contributed by atoms with Crippen LogP contribution in [0.5, 0.6) is 5.75 Å². The summed E-state index contributed by atoms with van der Waals surface area (Å²) in [5.41, 5.74) is 6.16. The van der Waals surface area contributed by atoms with Crippen LogP contribution in [0.3, 0.4) is 0 Å². The lowest BCUT2D eigenvalue weighted by Gasteiger charge is -2.08. The number of rotatable bonds is 4. The van der Waals surface area contributed by atoms with Gasteiger partial charge >= 0.3 is 0 Å². The van der Waals surface area contributed by atoms with E-state index < -0.39 is 0 Å². The van der Waals surface area contributed by atoms with Crippen LogP contribution in [0.15, 0.2) is 24.3 Å². The van der Waals surface area contributed by atoms with Gasteiger partial charge in [-0.2, -0.15) is 0 Å². The van der Waals surface area contributed by atoms with Gasteiger partial charge in [-0.25, -0.2) is 0 Å². The third kappa shape index (κ3) is 3.90. The highest BCUT2D eigenvalue weighted by Gasteiger charge is 2.12. The van der Waals surface area contributed by atoms with Crippen LogP contribution in [0.2, 0.25) is 0 Å². The molecule has 0 radical (unpaired) electrons. The Hall–Kier alpha value is -1.06. The lowest BCUT2D eigenvalue weighted by molar-refractivity contribution is 0.0973. The standard InChI is InChI=1S/C11H15NO2.ClH/c1-8(12)7-10(13)9-5-3-4-6-11(9)14-2;/h3-6,8H,7,12H2,1-2H3;1H. The third-order valence-electron chi connectivity index (χ3n) is 1.91. The smallest absolute Gasteiger partial charge is 0.168 e. The van der Waals surface area contributed by atoms with E-state index in [0.717, 1.165) is 0 Å². The topological polar surface area (TPSA) is 52.3 Å². The van der Waals surface area contributed by atoms with Crippen molar-refractivity contribution in [2.24, 2.45) is 5.73 Å². The van der Waals surface area contributed by atoms with Crippen LogP contribution in [0.1, 0.15) is 23.7 Å². The van der Waals surface area contributed by atoms with Crippen LogP contribution in [-0.2, 0) is 0 Å². The molecule has 0 bridgehead atoms. The summed E-state index contributed by atoms with van der Waals surface area (Å²) >= 11 is 0. The Labute approximate surface area is 96.0 Å². The molecule has 0 amide bonds. The fourth-order valence-electron chi connectivity index (χ4n) is 1.28. The highest BCUT2D eigenvalue weighted by Crippen LogP contribution is 2.19. The molecule has 4 heteroatoms. The summed E-state index contributed by atoms with van der Waals surface area (Å²) < 4.78 is 5.09. The summed E-state index contributed by atoms with van der Waals surface area (Å²) in [6, 6.07) is 7.06. The molecule has 0 aliphatic heterocycles. The Kier molecular flexibility index (Phi) is 5.97. The monoisotopic (exact) mass is 229 g/mol. The van der Waals surface area contributed by atoms with E-state index in [0.29, 0.717) is 17.7 Å². The first kappa shape index (κ1) is 13.9. The van der Waals surface area contributed by atoms with Gasteiger partial charge in [-0.15, -0.1) is 12.4 Å². The Morgan fingerprint density at radius 1 is 1.47 bits per heavy atom. The molecule has 0 aliphatic carbocycles. The number of ether oxygens (including phenoxy) is 1. The van der Waals surface area contributed by atoms with Crippen molar-refractivity contribution in [3.8, 4) is 5.75 Å². The van der Waals surface area contributed by atoms with Crippen molar-refractivity contribution < 1.29 is 9.53 Å². The van der Waals surface area contributed by atoms with Crippen LogP contribution in [0.4, 0.5) is 0 Å². The van der Waals surface area contributed by atoms with Crippen molar-refractivity contribution in [1.82, 2.24) is 0 Å². The Morgan fingerprint density at radius 3 is 2.60 bits per heavy atom.